The molecular weight excluding hydrogens is 417 g/mol. The van der Waals surface area contributed by atoms with E-state index >= 15 is 0 Å². The maximum atomic E-state index is 12.6. The van der Waals surface area contributed by atoms with Gasteiger partial charge in [0.25, 0.3) is 0 Å². The van der Waals surface area contributed by atoms with Gasteiger partial charge in [-0.15, -0.1) is 0 Å². The second-order valence-electron chi connectivity index (χ2n) is 6.71. The van der Waals surface area contributed by atoms with E-state index in [0.29, 0.717) is 15.7 Å². The van der Waals surface area contributed by atoms with Crippen molar-refractivity contribution in [3.05, 3.63) is 46.4 Å². The first-order chi connectivity index (χ1) is 13.5. The zero-order chi connectivity index (χ0) is 19.7. The van der Waals surface area contributed by atoms with Crippen LogP contribution in [0.3, 0.4) is 0 Å². The van der Waals surface area contributed by atoms with Crippen LogP contribution in [0.4, 0.5) is 10.8 Å². The number of hydrogen-bond acceptors (Lipinski definition) is 5. The van der Waals surface area contributed by atoms with Crippen molar-refractivity contribution in [1.82, 2.24) is 4.98 Å². The molecule has 8 heteroatoms. The molecule has 1 aromatic heterocycles. The first kappa shape index (κ1) is 19.3. The van der Waals surface area contributed by atoms with Crippen LogP contribution >= 0.6 is 34.5 Å². The van der Waals surface area contributed by atoms with Gasteiger partial charge in [-0.25, -0.2) is 4.98 Å². The van der Waals surface area contributed by atoms with Gasteiger partial charge in [-0.1, -0.05) is 34.5 Å². The molecule has 0 atom stereocenters. The molecule has 2 heterocycles. The van der Waals surface area contributed by atoms with Crippen molar-refractivity contribution in [3.63, 3.8) is 0 Å². The van der Waals surface area contributed by atoms with Crippen LogP contribution in [-0.4, -0.2) is 31.1 Å². The van der Waals surface area contributed by atoms with Crippen LogP contribution in [0.15, 0.2) is 36.4 Å². The summed E-state index contributed by atoms with van der Waals surface area (Å²) >= 11 is 13.6. The highest BCUT2D eigenvalue weighted by atomic mass is 35.5. The maximum Gasteiger partial charge on any atom is 0.227 e. The number of piperidine rings is 1. The number of anilines is 2. The Morgan fingerprint density at radius 2 is 1.96 bits per heavy atom. The number of amides is 1. The van der Waals surface area contributed by atoms with Gasteiger partial charge in [-0.3, -0.25) is 4.79 Å². The monoisotopic (exact) mass is 435 g/mol. The lowest BCUT2D eigenvalue weighted by molar-refractivity contribution is -0.120. The Hall–Kier alpha value is -2.02. The lowest BCUT2D eigenvalue weighted by atomic mass is 9.96. The zero-order valence-corrected chi connectivity index (χ0v) is 17.6. The van der Waals surface area contributed by atoms with E-state index in [-0.39, 0.29) is 11.8 Å². The van der Waals surface area contributed by atoms with Crippen LogP contribution in [-0.2, 0) is 4.79 Å². The molecule has 4 rings (SSSR count). The summed E-state index contributed by atoms with van der Waals surface area (Å²) in [7, 11) is 1.66. The van der Waals surface area contributed by atoms with Gasteiger partial charge >= 0.3 is 0 Å². The molecule has 1 aliphatic rings. The maximum absolute atomic E-state index is 12.6. The van der Waals surface area contributed by atoms with Crippen LogP contribution in [0, 0.1) is 5.92 Å². The van der Waals surface area contributed by atoms with Crippen molar-refractivity contribution in [2.24, 2.45) is 5.92 Å². The number of nitrogens with zero attached hydrogens (tertiary/aromatic N) is 2. The Morgan fingerprint density at radius 3 is 2.68 bits per heavy atom. The number of carbonyl (C=O) groups excluding carboxylic acids is 1. The topological polar surface area (TPSA) is 54.5 Å². The summed E-state index contributed by atoms with van der Waals surface area (Å²) in [4.78, 5) is 19.6. The summed E-state index contributed by atoms with van der Waals surface area (Å²) in [5.74, 6) is 0.827. The Labute approximate surface area is 177 Å². The molecule has 1 amide bonds. The van der Waals surface area contributed by atoms with Gasteiger partial charge in [0.05, 0.1) is 27.4 Å². The number of carbonyl (C=O) groups is 1. The van der Waals surface area contributed by atoms with Gasteiger partial charge in [0, 0.05) is 24.7 Å². The molecule has 146 valence electrons. The average Bonchev–Trinajstić information content (AvgIpc) is 3.14. The number of fused-ring (bicyclic) bond motifs is 1. The van der Waals surface area contributed by atoms with Crippen LogP contribution in [0.1, 0.15) is 12.8 Å². The molecule has 0 unspecified atom stereocenters. The fraction of sp³-hybridized carbons (Fsp3) is 0.300. The molecule has 5 nitrogen and oxygen atoms in total. The summed E-state index contributed by atoms with van der Waals surface area (Å²) in [6, 6.07) is 11.0. The lowest BCUT2D eigenvalue weighted by Gasteiger charge is -2.31. The number of ether oxygens (including phenoxy) is 1. The van der Waals surface area contributed by atoms with E-state index in [1.165, 1.54) is 0 Å². The number of thiazole rings is 1. The number of methoxy groups -OCH3 is 1. The van der Waals surface area contributed by atoms with E-state index in [2.05, 4.69) is 10.2 Å². The first-order valence-electron chi connectivity index (χ1n) is 8.99. The van der Waals surface area contributed by atoms with E-state index < -0.39 is 0 Å². The molecule has 0 spiro atoms. The molecule has 1 N–H and O–H groups in total. The minimum Gasteiger partial charge on any atom is -0.497 e. The Kier molecular flexibility index (Phi) is 5.62. The van der Waals surface area contributed by atoms with Gasteiger partial charge < -0.3 is 15.0 Å². The minimum absolute atomic E-state index is 0.0204. The van der Waals surface area contributed by atoms with Crippen molar-refractivity contribution < 1.29 is 9.53 Å². The van der Waals surface area contributed by atoms with Crippen LogP contribution in [0.5, 0.6) is 5.75 Å². The second kappa shape index (κ2) is 8.15. The molecule has 1 fully saturated rings. The smallest absolute Gasteiger partial charge is 0.227 e. The number of halogens is 2. The van der Waals surface area contributed by atoms with Crippen LogP contribution < -0.4 is 15.0 Å². The van der Waals surface area contributed by atoms with Crippen LogP contribution in [0.2, 0.25) is 10.0 Å². The third-order valence-corrected chi connectivity index (χ3v) is 6.73. The molecular formula is C20H19Cl2N3O2S. The molecule has 1 saturated heterocycles. The highest BCUT2D eigenvalue weighted by Gasteiger charge is 2.26. The molecule has 2 aromatic carbocycles. The van der Waals surface area contributed by atoms with Crippen molar-refractivity contribution in [2.75, 3.05) is 30.4 Å². The number of hydrogen-bond donors (Lipinski definition) is 1. The fourth-order valence-electron chi connectivity index (χ4n) is 3.31. The summed E-state index contributed by atoms with van der Waals surface area (Å²) in [6.45, 7) is 1.60. The predicted octanol–water partition coefficient (Wildman–Crippen LogP) is 5.47. The number of aromatic nitrogens is 1. The van der Waals surface area contributed by atoms with Crippen molar-refractivity contribution in [3.8, 4) is 5.75 Å². The summed E-state index contributed by atoms with van der Waals surface area (Å²) in [5.41, 5.74) is 1.64. The van der Waals surface area contributed by atoms with Crippen molar-refractivity contribution >= 4 is 61.5 Å². The number of benzene rings is 2. The molecule has 28 heavy (non-hydrogen) atoms. The fourth-order valence-corrected chi connectivity index (χ4v) is 4.65. The van der Waals surface area contributed by atoms with E-state index in [4.69, 9.17) is 32.9 Å². The van der Waals surface area contributed by atoms with Gasteiger partial charge in [0.2, 0.25) is 5.91 Å². The molecule has 0 saturated carbocycles. The highest BCUT2D eigenvalue weighted by molar-refractivity contribution is 7.22. The lowest BCUT2D eigenvalue weighted by Crippen LogP contribution is -2.38. The molecule has 0 bridgehead atoms. The van der Waals surface area contributed by atoms with Crippen molar-refractivity contribution in [1.29, 1.82) is 0 Å². The third kappa shape index (κ3) is 4.04. The summed E-state index contributed by atoms with van der Waals surface area (Å²) < 4.78 is 6.39. The largest absolute Gasteiger partial charge is 0.497 e. The molecule has 1 aliphatic heterocycles. The number of rotatable bonds is 4. The van der Waals surface area contributed by atoms with E-state index in [0.717, 1.165) is 47.0 Å². The van der Waals surface area contributed by atoms with Gasteiger partial charge in [-0.2, -0.15) is 0 Å². The second-order valence-corrected chi connectivity index (χ2v) is 8.53. The molecule has 3 aromatic rings. The van der Waals surface area contributed by atoms with Gasteiger partial charge in [-0.05, 0) is 49.2 Å². The SMILES string of the molecule is COc1ccc2nc(N3CCC(C(=O)Nc4ccc(Cl)c(Cl)c4)CC3)sc2c1. The standard InChI is InChI=1S/C20H19Cl2N3O2S/c1-27-14-3-5-17-18(11-14)28-20(24-17)25-8-6-12(7-9-25)19(26)23-13-2-4-15(21)16(22)10-13/h2-5,10-12H,6-9H2,1H3,(H,23,26). The first-order valence-corrected chi connectivity index (χ1v) is 10.6. The Bertz CT molecular complexity index is 1020. The normalized spacial score (nSPS) is 15.0. The molecule has 0 radical (unpaired) electrons. The Morgan fingerprint density at radius 1 is 1.18 bits per heavy atom. The minimum atomic E-state index is -0.0276. The van der Waals surface area contributed by atoms with E-state index in [9.17, 15) is 4.79 Å². The zero-order valence-electron chi connectivity index (χ0n) is 15.2. The van der Waals surface area contributed by atoms with Gasteiger partial charge in [0.15, 0.2) is 5.13 Å². The Balaban J connectivity index is 1.38. The number of nitrogens with one attached hydrogen (secondary N) is 1. The molecule has 0 aliphatic carbocycles. The predicted molar refractivity (Wildman–Crippen MR) is 116 cm³/mol. The average molecular weight is 436 g/mol. The van der Waals surface area contributed by atoms with E-state index in [1.807, 2.05) is 18.2 Å². The highest BCUT2D eigenvalue weighted by Crippen LogP contribution is 2.33. The van der Waals surface area contributed by atoms with Crippen molar-refractivity contribution in [2.45, 2.75) is 12.8 Å². The van der Waals surface area contributed by atoms with E-state index in [1.54, 1.807) is 36.6 Å². The van der Waals surface area contributed by atoms with Gasteiger partial charge in [0.1, 0.15) is 5.75 Å². The summed E-state index contributed by atoms with van der Waals surface area (Å²) in [6.07, 6.45) is 1.57. The quantitative estimate of drug-likeness (QED) is 0.590. The third-order valence-electron chi connectivity index (χ3n) is 4.91. The van der Waals surface area contributed by atoms with Crippen LogP contribution in [0.25, 0.3) is 10.2 Å². The summed E-state index contributed by atoms with van der Waals surface area (Å²) in [5, 5.41) is 4.84.